The standard InChI is InChI=1S/C24H26N2O5/c27-23(21-7-3-11-29-21)25-18-5-1-4-17(14-18)24(28)26-10-2-6-19(26)16-8-9-20-22(15-16)31-13-12-30-20/h1,4-5,8-9,14-15,19,21H,2-3,6-7,10-13H2,(H,25,27)/t19-,21-/m1/s1. The SMILES string of the molecule is O=C(Nc1cccc(C(=O)N2CCC[C@@H]2c2ccc3c(c2)OCCO3)c1)[C@H]1CCCO1. The van der Waals surface area contributed by atoms with Gasteiger partial charge in [0.25, 0.3) is 11.8 Å². The van der Waals surface area contributed by atoms with Crippen molar-refractivity contribution in [3.8, 4) is 11.5 Å². The summed E-state index contributed by atoms with van der Waals surface area (Å²) in [5, 5.41) is 2.88. The van der Waals surface area contributed by atoms with Crippen LogP contribution in [0.4, 0.5) is 5.69 Å². The molecule has 0 bridgehead atoms. The molecule has 2 fully saturated rings. The first kappa shape index (κ1) is 19.9. The summed E-state index contributed by atoms with van der Waals surface area (Å²) in [6.07, 6.45) is 3.07. The lowest BCUT2D eigenvalue weighted by atomic mass is 10.0. The zero-order valence-electron chi connectivity index (χ0n) is 17.3. The summed E-state index contributed by atoms with van der Waals surface area (Å²) in [5.74, 6) is 1.30. The van der Waals surface area contributed by atoms with Crippen LogP contribution in [0.2, 0.25) is 0 Å². The molecule has 0 unspecified atom stereocenters. The summed E-state index contributed by atoms with van der Waals surface area (Å²) in [5.41, 5.74) is 2.23. The van der Waals surface area contributed by atoms with Gasteiger partial charge in [0, 0.05) is 24.4 Å². The summed E-state index contributed by atoms with van der Waals surface area (Å²) in [6, 6.07) is 13.1. The van der Waals surface area contributed by atoms with E-state index in [9.17, 15) is 9.59 Å². The monoisotopic (exact) mass is 422 g/mol. The molecule has 0 aliphatic carbocycles. The quantitative estimate of drug-likeness (QED) is 0.815. The van der Waals surface area contributed by atoms with Crippen molar-refractivity contribution in [3.63, 3.8) is 0 Å². The van der Waals surface area contributed by atoms with Gasteiger partial charge in [-0.25, -0.2) is 0 Å². The first-order chi connectivity index (χ1) is 15.2. The minimum atomic E-state index is -0.405. The molecule has 5 rings (SSSR count). The molecule has 1 N–H and O–H groups in total. The Hall–Kier alpha value is -3.06. The molecule has 2 aromatic carbocycles. The van der Waals surface area contributed by atoms with Crippen LogP contribution in [-0.4, -0.2) is 49.2 Å². The molecule has 2 saturated heterocycles. The first-order valence-corrected chi connectivity index (χ1v) is 10.9. The maximum atomic E-state index is 13.3. The second-order valence-corrected chi connectivity index (χ2v) is 8.13. The molecule has 7 nitrogen and oxygen atoms in total. The number of hydrogen-bond donors (Lipinski definition) is 1. The predicted molar refractivity (Wildman–Crippen MR) is 114 cm³/mol. The van der Waals surface area contributed by atoms with Crippen LogP contribution in [0.15, 0.2) is 42.5 Å². The van der Waals surface area contributed by atoms with Crippen molar-refractivity contribution in [2.75, 3.05) is 31.7 Å². The highest BCUT2D eigenvalue weighted by Crippen LogP contribution is 2.38. The van der Waals surface area contributed by atoms with Crippen LogP contribution in [0.5, 0.6) is 11.5 Å². The van der Waals surface area contributed by atoms with Crippen LogP contribution in [0.1, 0.15) is 47.6 Å². The Morgan fingerprint density at radius 3 is 2.65 bits per heavy atom. The van der Waals surface area contributed by atoms with Crippen molar-refractivity contribution < 1.29 is 23.8 Å². The Morgan fingerprint density at radius 1 is 0.935 bits per heavy atom. The van der Waals surface area contributed by atoms with Gasteiger partial charge < -0.3 is 24.4 Å². The summed E-state index contributed by atoms with van der Waals surface area (Å²) >= 11 is 0. The minimum absolute atomic E-state index is 0.00605. The van der Waals surface area contributed by atoms with Gasteiger partial charge in [-0.1, -0.05) is 12.1 Å². The van der Waals surface area contributed by atoms with E-state index in [-0.39, 0.29) is 17.9 Å². The van der Waals surface area contributed by atoms with Crippen molar-refractivity contribution in [2.24, 2.45) is 0 Å². The van der Waals surface area contributed by atoms with Gasteiger partial charge in [0.05, 0.1) is 6.04 Å². The number of fused-ring (bicyclic) bond motifs is 1. The van der Waals surface area contributed by atoms with E-state index in [2.05, 4.69) is 5.32 Å². The fraction of sp³-hybridized carbons (Fsp3) is 0.417. The minimum Gasteiger partial charge on any atom is -0.486 e. The number of ether oxygens (including phenoxy) is 3. The largest absolute Gasteiger partial charge is 0.486 e. The number of amides is 2. The molecule has 0 saturated carbocycles. The Balaban J connectivity index is 1.32. The average molecular weight is 422 g/mol. The van der Waals surface area contributed by atoms with Crippen LogP contribution in [-0.2, 0) is 9.53 Å². The molecule has 2 atom stereocenters. The molecular formula is C24H26N2O5. The highest BCUT2D eigenvalue weighted by Gasteiger charge is 2.32. The van der Waals surface area contributed by atoms with E-state index in [4.69, 9.17) is 14.2 Å². The molecule has 31 heavy (non-hydrogen) atoms. The van der Waals surface area contributed by atoms with Crippen molar-refractivity contribution in [2.45, 2.75) is 37.8 Å². The number of carbonyl (C=O) groups is 2. The Kier molecular flexibility index (Phi) is 5.51. The lowest BCUT2D eigenvalue weighted by molar-refractivity contribution is -0.124. The molecule has 0 radical (unpaired) electrons. The van der Waals surface area contributed by atoms with Gasteiger partial charge >= 0.3 is 0 Å². The van der Waals surface area contributed by atoms with E-state index in [0.29, 0.717) is 37.6 Å². The van der Waals surface area contributed by atoms with E-state index in [1.165, 1.54) is 0 Å². The molecule has 3 heterocycles. The normalized spacial score (nSPS) is 22.4. The molecular weight excluding hydrogens is 396 g/mol. The highest BCUT2D eigenvalue weighted by atomic mass is 16.6. The van der Waals surface area contributed by atoms with Crippen LogP contribution < -0.4 is 14.8 Å². The molecule has 2 aromatic rings. The third-order valence-electron chi connectivity index (χ3n) is 6.06. The molecule has 162 valence electrons. The van der Waals surface area contributed by atoms with Crippen LogP contribution in [0.3, 0.4) is 0 Å². The van der Waals surface area contributed by atoms with E-state index in [0.717, 1.165) is 42.7 Å². The van der Waals surface area contributed by atoms with E-state index < -0.39 is 6.10 Å². The molecule has 0 spiro atoms. The Bertz CT molecular complexity index is 986. The number of rotatable bonds is 4. The molecule has 2 amide bonds. The number of hydrogen-bond acceptors (Lipinski definition) is 5. The summed E-state index contributed by atoms with van der Waals surface area (Å²) in [6.45, 7) is 2.41. The van der Waals surface area contributed by atoms with Gasteiger partial charge in [-0.15, -0.1) is 0 Å². The van der Waals surface area contributed by atoms with Gasteiger partial charge in [0.1, 0.15) is 19.3 Å². The summed E-state index contributed by atoms with van der Waals surface area (Å²) < 4.78 is 16.8. The second-order valence-electron chi connectivity index (χ2n) is 8.13. The van der Waals surface area contributed by atoms with Crippen LogP contribution in [0, 0.1) is 0 Å². The third kappa shape index (κ3) is 4.10. The maximum Gasteiger partial charge on any atom is 0.254 e. The van der Waals surface area contributed by atoms with Gasteiger partial charge in [-0.3, -0.25) is 9.59 Å². The van der Waals surface area contributed by atoms with Gasteiger partial charge in [-0.05, 0) is 61.6 Å². The van der Waals surface area contributed by atoms with E-state index >= 15 is 0 Å². The van der Waals surface area contributed by atoms with Crippen molar-refractivity contribution in [1.82, 2.24) is 4.90 Å². The average Bonchev–Trinajstić information content (AvgIpc) is 3.51. The van der Waals surface area contributed by atoms with Crippen LogP contribution >= 0.6 is 0 Å². The van der Waals surface area contributed by atoms with Crippen molar-refractivity contribution in [1.29, 1.82) is 0 Å². The summed E-state index contributed by atoms with van der Waals surface area (Å²) in [4.78, 5) is 27.6. The number of nitrogens with one attached hydrogen (secondary N) is 1. The number of anilines is 1. The molecule has 7 heteroatoms. The van der Waals surface area contributed by atoms with Gasteiger partial charge in [-0.2, -0.15) is 0 Å². The number of likely N-dealkylation sites (tertiary alicyclic amines) is 1. The second kappa shape index (κ2) is 8.59. The smallest absolute Gasteiger partial charge is 0.254 e. The summed E-state index contributed by atoms with van der Waals surface area (Å²) in [7, 11) is 0. The lowest BCUT2D eigenvalue weighted by Crippen LogP contribution is -2.31. The van der Waals surface area contributed by atoms with Crippen LogP contribution in [0.25, 0.3) is 0 Å². The lowest BCUT2D eigenvalue weighted by Gasteiger charge is -2.27. The van der Waals surface area contributed by atoms with Crippen molar-refractivity contribution >= 4 is 17.5 Å². The van der Waals surface area contributed by atoms with E-state index in [1.807, 2.05) is 23.1 Å². The zero-order chi connectivity index (χ0) is 21.2. The number of carbonyl (C=O) groups excluding carboxylic acids is 2. The zero-order valence-corrected chi connectivity index (χ0v) is 17.3. The van der Waals surface area contributed by atoms with Crippen molar-refractivity contribution in [3.05, 3.63) is 53.6 Å². The maximum absolute atomic E-state index is 13.3. The molecule has 3 aliphatic heterocycles. The number of nitrogens with zero attached hydrogens (tertiary/aromatic N) is 1. The topological polar surface area (TPSA) is 77.1 Å². The van der Waals surface area contributed by atoms with Gasteiger partial charge in [0.15, 0.2) is 11.5 Å². The van der Waals surface area contributed by atoms with E-state index in [1.54, 1.807) is 24.3 Å². The third-order valence-corrected chi connectivity index (χ3v) is 6.06. The number of benzene rings is 2. The Morgan fingerprint density at radius 2 is 1.81 bits per heavy atom. The predicted octanol–water partition coefficient (Wildman–Crippen LogP) is 3.55. The first-order valence-electron chi connectivity index (χ1n) is 10.9. The molecule has 3 aliphatic rings. The van der Waals surface area contributed by atoms with Gasteiger partial charge in [0.2, 0.25) is 0 Å². The fourth-order valence-electron chi connectivity index (χ4n) is 4.53. The fourth-order valence-corrected chi connectivity index (χ4v) is 4.53. The Labute approximate surface area is 181 Å². The molecule has 0 aromatic heterocycles. The highest BCUT2D eigenvalue weighted by molar-refractivity contribution is 5.98.